The highest BCUT2D eigenvalue weighted by Gasteiger charge is 2.22. The van der Waals surface area contributed by atoms with Crippen molar-refractivity contribution in [1.82, 2.24) is 4.72 Å². The Bertz CT molecular complexity index is 1310. The van der Waals surface area contributed by atoms with Crippen LogP contribution in [0.15, 0.2) is 52.9 Å². The lowest BCUT2D eigenvalue weighted by molar-refractivity contribution is -0.135. The van der Waals surface area contributed by atoms with Gasteiger partial charge in [0, 0.05) is 16.6 Å². The minimum atomic E-state index is -3.57. The summed E-state index contributed by atoms with van der Waals surface area (Å²) < 4.78 is 37.0. The Kier molecular flexibility index (Phi) is 7.69. The van der Waals surface area contributed by atoms with Crippen LogP contribution in [0.1, 0.15) is 42.8 Å². The first-order valence-electron chi connectivity index (χ1n) is 10.6. The minimum Gasteiger partial charge on any atom is -0.451 e. The number of fused-ring (bicyclic) bond motifs is 1. The zero-order valence-corrected chi connectivity index (χ0v) is 19.6. The number of nitrogens with one attached hydrogen (secondary N) is 3. The Morgan fingerprint density at radius 2 is 1.85 bits per heavy atom. The fourth-order valence-corrected chi connectivity index (χ4v) is 4.46. The highest BCUT2D eigenvalue weighted by molar-refractivity contribution is 7.89. The van der Waals surface area contributed by atoms with Crippen molar-refractivity contribution in [2.24, 2.45) is 5.73 Å². The molecule has 0 bridgehead atoms. The van der Waals surface area contributed by atoms with Crippen LogP contribution in [0.4, 0.5) is 5.69 Å². The number of carbonyl (C=O) groups excluding carboxylic acids is 2. The number of nitrogens with two attached hydrogens (primary N) is 1. The summed E-state index contributed by atoms with van der Waals surface area (Å²) in [5.41, 5.74) is 6.93. The maximum Gasteiger partial charge on any atom is 0.329 e. The lowest BCUT2D eigenvalue weighted by atomic mass is 10.1. The monoisotopic (exact) mass is 486 g/mol. The molecule has 0 aliphatic heterocycles. The molecule has 1 atom stereocenters. The topological polar surface area (TPSA) is 165 Å². The van der Waals surface area contributed by atoms with Crippen molar-refractivity contribution in [2.45, 2.75) is 32.7 Å². The largest absolute Gasteiger partial charge is 0.451 e. The van der Waals surface area contributed by atoms with E-state index < -0.39 is 27.9 Å². The van der Waals surface area contributed by atoms with Gasteiger partial charge in [0.25, 0.3) is 5.91 Å². The number of hydrogen-bond donors (Lipinski definition) is 4. The first kappa shape index (κ1) is 24.9. The number of esters is 1. The fourth-order valence-electron chi connectivity index (χ4n) is 3.04. The average Bonchev–Trinajstić information content (AvgIpc) is 3.22. The number of sulfonamides is 1. The van der Waals surface area contributed by atoms with Gasteiger partial charge in [-0.25, -0.2) is 17.9 Å². The van der Waals surface area contributed by atoms with Crippen molar-refractivity contribution in [3.8, 4) is 5.75 Å². The molecule has 0 radical (unpaired) electrons. The zero-order valence-electron chi connectivity index (χ0n) is 18.8. The van der Waals surface area contributed by atoms with Crippen molar-refractivity contribution >= 4 is 44.4 Å². The number of ether oxygens (including phenoxy) is 1. The number of amidine groups is 1. The normalized spacial score (nSPS) is 12.3. The third-order valence-electron chi connectivity index (χ3n) is 4.86. The third-order valence-corrected chi connectivity index (χ3v) is 6.40. The molecule has 1 amide bonds. The van der Waals surface area contributed by atoms with Crippen LogP contribution in [0.25, 0.3) is 11.0 Å². The van der Waals surface area contributed by atoms with Crippen LogP contribution in [0.5, 0.6) is 5.75 Å². The molecule has 0 aliphatic carbocycles. The molecule has 0 fully saturated rings. The van der Waals surface area contributed by atoms with Gasteiger partial charge in [0.1, 0.15) is 23.2 Å². The molecule has 1 unspecified atom stereocenters. The number of furan rings is 1. The molecule has 0 aliphatic rings. The van der Waals surface area contributed by atoms with Gasteiger partial charge in [0.2, 0.25) is 10.0 Å². The molecule has 1 heterocycles. The molecule has 3 rings (SSSR count). The van der Waals surface area contributed by atoms with Crippen LogP contribution < -0.4 is 20.5 Å². The van der Waals surface area contributed by atoms with E-state index >= 15 is 0 Å². The lowest BCUT2D eigenvalue weighted by Gasteiger charge is -2.13. The van der Waals surface area contributed by atoms with E-state index in [9.17, 15) is 18.0 Å². The molecular weight excluding hydrogens is 460 g/mol. The first-order valence-corrected chi connectivity index (χ1v) is 12.2. The van der Waals surface area contributed by atoms with Gasteiger partial charge < -0.3 is 20.2 Å². The predicted molar refractivity (Wildman–Crippen MR) is 129 cm³/mol. The van der Waals surface area contributed by atoms with Gasteiger partial charge in [-0.15, -0.1) is 0 Å². The van der Waals surface area contributed by atoms with Gasteiger partial charge in [-0.3, -0.25) is 10.2 Å². The SMILES string of the molecule is CCCCS(=O)(=O)NC(C)C(=O)Oc1ccc(NC(=O)c2cc3cc(C(=N)N)ccc3o2)cc1. The summed E-state index contributed by atoms with van der Waals surface area (Å²) in [6.07, 6.45) is 1.22. The van der Waals surface area contributed by atoms with Gasteiger partial charge in [-0.2, -0.15) is 0 Å². The van der Waals surface area contributed by atoms with Gasteiger partial charge in [0.15, 0.2) is 5.76 Å². The van der Waals surface area contributed by atoms with E-state index in [1.807, 2.05) is 6.92 Å². The maximum atomic E-state index is 12.5. The fraction of sp³-hybridized carbons (Fsp3) is 0.261. The highest BCUT2D eigenvalue weighted by atomic mass is 32.2. The van der Waals surface area contributed by atoms with Crippen molar-refractivity contribution in [1.29, 1.82) is 5.41 Å². The van der Waals surface area contributed by atoms with E-state index in [0.717, 1.165) is 6.42 Å². The molecule has 5 N–H and O–H groups in total. The van der Waals surface area contributed by atoms with Crippen LogP contribution in [0.2, 0.25) is 0 Å². The molecular formula is C23H26N4O6S. The Hall–Kier alpha value is -3.70. The van der Waals surface area contributed by atoms with Crippen molar-refractivity contribution in [3.05, 3.63) is 59.9 Å². The first-order chi connectivity index (χ1) is 16.1. The molecule has 1 aromatic heterocycles. The molecule has 180 valence electrons. The van der Waals surface area contributed by atoms with Gasteiger partial charge >= 0.3 is 5.97 Å². The summed E-state index contributed by atoms with van der Waals surface area (Å²) in [5, 5.41) is 10.8. The van der Waals surface area contributed by atoms with E-state index in [-0.39, 0.29) is 23.1 Å². The quantitative estimate of drug-likeness (QED) is 0.148. The predicted octanol–water partition coefficient (Wildman–Crippen LogP) is 2.98. The summed E-state index contributed by atoms with van der Waals surface area (Å²) in [7, 11) is -3.57. The minimum absolute atomic E-state index is 0.0569. The zero-order chi connectivity index (χ0) is 24.9. The Balaban J connectivity index is 1.60. The van der Waals surface area contributed by atoms with Gasteiger partial charge in [-0.1, -0.05) is 13.3 Å². The number of rotatable bonds is 10. The second kappa shape index (κ2) is 10.5. The number of carbonyl (C=O) groups is 2. The van der Waals surface area contributed by atoms with E-state index in [2.05, 4.69) is 10.0 Å². The number of anilines is 1. The third kappa shape index (κ3) is 6.42. The number of hydrogen-bond acceptors (Lipinski definition) is 7. The van der Waals surface area contributed by atoms with Crippen LogP contribution in [-0.4, -0.2) is 37.9 Å². The van der Waals surface area contributed by atoms with E-state index in [0.29, 0.717) is 28.6 Å². The Labute approximate surface area is 197 Å². The molecule has 2 aromatic carbocycles. The molecule has 34 heavy (non-hydrogen) atoms. The summed E-state index contributed by atoms with van der Waals surface area (Å²) in [4.78, 5) is 24.8. The number of amides is 1. The van der Waals surface area contributed by atoms with Crippen molar-refractivity contribution < 1.29 is 27.2 Å². The van der Waals surface area contributed by atoms with Crippen molar-refractivity contribution in [2.75, 3.05) is 11.1 Å². The van der Waals surface area contributed by atoms with E-state index in [1.54, 1.807) is 24.3 Å². The van der Waals surface area contributed by atoms with Crippen LogP contribution in [-0.2, 0) is 14.8 Å². The van der Waals surface area contributed by atoms with Crippen molar-refractivity contribution in [3.63, 3.8) is 0 Å². The molecule has 0 saturated carbocycles. The molecule has 10 nitrogen and oxygen atoms in total. The Morgan fingerprint density at radius 3 is 2.50 bits per heavy atom. The van der Waals surface area contributed by atoms with Crippen LogP contribution in [0.3, 0.4) is 0 Å². The van der Waals surface area contributed by atoms with E-state index in [1.165, 1.54) is 31.2 Å². The molecule has 0 spiro atoms. The molecule has 11 heteroatoms. The molecule has 0 saturated heterocycles. The summed E-state index contributed by atoms with van der Waals surface area (Å²) >= 11 is 0. The Morgan fingerprint density at radius 1 is 1.15 bits per heavy atom. The van der Waals surface area contributed by atoms with E-state index in [4.69, 9.17) is 20.3 Å². The standard InChI is InChI=1S/C23H26N4O6S/c1-3-4-11-34(30,31)27-14(2)23(29)32-18-8-6-17(7-9-18)26-22(28)20-13-16-12-15(21(24)25)5-10-19(16)33-20/h5-10,12-14,27H,3-4,11H2,1-2H3,(H3,24,25)(H,26,28). The number of benzene rings is 2. The smallest absolute Gasteiger partial charge is 0.329 e. The van der Waals surface area contributed by atoms with Gasteiger partial charge in [-0.05, 0) is 61.9 Å². The maximum absolute atomic E-state index is 12.5. The summed E-state index contributed by atoms with van der Waals surface area (Å²) in [5.74, 6) is -1.10. The number of nitrogen functional groups attached to an aromatic ring is 1. The second-order valence-corrected chi connectivity index (χ2v) is 9.56. The summed E-state index contributed by atoms with van der Waals surface area (Å²) in [6, 6.07) is 11.5. The van der Waals surface area contributed by atoms with Crippen LogP contribution in [0, 0.1) is 5.41 Å². The highest BCUT2D eigenvalue weighted by Crippen LogP contribution is 2.22. The molecule has 3 aromatic rings. The lowest BCUT2D eigenvalue weighted by Crippen LogP contribution is -2.41. The second-order valence-electron chi connectivity index (χ2n) is 7.69. The average molecular weight is 487 g/mol. The van der Waals surface area contributed by atoms with Gasteiger partial charge in [0.05, 0.1) is 5.75 Å². The number of unbranched alkanes of at least 4 members (excludes halogenated alkanes) is 1. The summed E-state index contributed by atoms with van der Waals surface area (Å²) in [6.45, 7) is 3.29. The van der Waals surface area contributed by atoms with Crippen LogP contribution >= 0.6 is 0 Å².